The summed E-state index contributed by atoms with van der Waals surface area (Å²) in [5.74, 6) is 0.383. The lowest BCUT2D eigenvalue weighted by Crippen LogP contribution is -2.53. The number of Topliss-reactive ketones (excluding diaryl/α,β-unsaturated/α-hetero) is 1. The molecule has 1 saturated heterocycles. The van der Waals surface area contributed by atoms with Gasteiger partial charge in [-0.3, -0.25) is 4.79 Å². The van der Waals surface area contributed by atoms with Crippen LogP contribution in [0.1, 0.15) is 31.4 Å². The maximum absolute atomic E-state index is 11.9. The molecule has 0 bridgehead atoms. The van der Waals surface area contributed by atoms with E-state index < -0.39 is 0 Å². The molecule has 0 amide bonds. The van der Waals surface area contributed by atoms with E-state index in [0.29, 0.717) is 12.2 Å². The minimum Gasteiger partial charge on any atom is -0.312 e. The molecule has 1 aliphatic rings. The number of hydrogen-bond donors (Lipinski definition) is 1. The summed E-state index contributed by atoms with van der Waals surface area (Å²) in [4.78, 5) is 11.9. The van der Waals surface area contributed by atoms with E-state index in [1.165, 1.54) is 11.1 Å². The smallest absolute Gasteiger partial charge is 0.141 e. The van der Waals surface area contributed by atoms with Crippen LogP contribution in [0.4, 0.5) is 0 Å². The van der Waals surface area contributed by atoms with Crippen LogP contribution in [0, 0.1) is 12.3 Å². The fourth-order valence-electron chi connectivity index (χ4n) is 2.42. The van der Waals surface area contributed by atoms with E-state index >= 15 is 0 Å². The molecule has 1 aliphatic heterocycles. The summed E-state index contributed by atoms with van der Waals surface area (Å²) < 4.78 is 0. The van der Waals surface area contributed by atoms with E-state index in [-0.39, 0.29) is 11.5 Å². The van der Waals surface area contributed by atoms with E-state index in [4.69, 9.17) is 0 Å². The quantitative estimate of drug-likeness (QED) is 0.847. The molecule has 1 aromatic rings. The molecule has 1 N–H and O–H groups in total. The van der Waals surface area contributed by atoms with Crippen LogP contribution in [0.5, 0.6) is 0 Å². The zero-order valence-corrected chi connectivity index (χ0v) is 10.9. The minimum absolute atomic E-state index is 0.247. The molecule has 17 heavy (non-hydrogen) atoms. The van der Waals surface area contributed by atoms with Crippen molar-refractivity contribution in [1.82, 2.24) is 5.32 Å². The average Bonchev–Trinajstić information content (AvgIpc) is 2.28. The number of hydrogen-bond acceptors (Lipinski definition) is 2. The van der Waals surface area contributed by atoms with Crippen LogP contribution in [-0.2, 0) is 11.2 Å². The lowest BCUT2D eigenvalue weighted by Gasteiger charge is -2.38. The zero-order chi connectivity index (χ0) is 12.5. The molecule has 1 heterocycles. The third-order valence-electron chi connectivity index (χ3n) is 3.89. The number of rotatable bonds is 2. The number of carbonyl (C=O) groups excluding carboxylic acids is 1. The lowest BCUT2D eigenvalue weighted by atomic mass is 9.74. The van der Waals surface area contributed by atoms with Crippen molar-refractivity contribution >= 4 is 5.78 Å². The van der Waals surface area contributed by atoms with Crippen LogP contribution in [0.3, 0.4) is 0 Å². The second-order valence-corrected chi connectivity index (χ2v) is 5.59. The highest BCUT2D eigenvalue weighted by atomic mass is 16.1. The van der Waals surface area contributed by atoms with Crippen molar-refractivity contribution in [1.29, 1.82) is 0 Å². The molecule has 92 valence electrons. The molecule has 0 aliphatic carbocycles. The Bertz CT molecular complexity index is 405. The van der Waals surface area contributed by atoms with Gasteiger partial charge in [-0.25, -0.2) is 0 Å². The molecule has 1 atom stereocenters. The molecule has 1 fully saturated rings. The molecular formula is C15H21NO. The number of ketones is 1. The second kappa shape index (κ2) is 4.61. The summed E-state index contributed by atoms with van der Waals surface area (Å²) in [5, 5.41) is 3.48. The Morgan fingerprint density at radius 1 is 1.29 bits per heavy atom. The number of piperidine rings is 1. The first-order valence-corrected chi connectivity index (χ1v) is 6.32. The molecule has 0 saturated carbocycles. The molecule has 0 unspecified atom stereocenters. The molecule has 2 heteroatoms. The van der Waals surface area contributed by atoms with Gasteiger partial charge in [0.2, 0.25) is 0 Å². The molecule has 0 spiro atoms. The van der Waals surface area contributed by atoms with Gasteiger partial charge >= 0.3 is 0 Å². The lowest BCUT2D eigenvalue weighted by molar-refractivity contribution is -0.130. The van der Waals surface area contributed by atoms with Crippen LogP contribution in [0.15, 0.2) is 24.3 Å². The maximum atomic E-state index is 11.9. The van der Waals surface area contributed by atoms with Gasteiger partial charge in [0.1, 0.15) is 5.78 Å². The van der Waals surface area contributed by atoms with Crippen LogP contribution in [-0.4, -0.2) is 18.4 Å². The van der Waals surface area contributed by atoms with E-state index in [1.807, 2.05) is 0 Å². The fourth-order valence-corrected chi connectivity index (χ4v) is 2.42. The first kappa shape index (κ1) is 12.3. The van der Waals surface area contributed by atoms with Crippen molar-refractivity contribution < 1.29 is 4.79 Å². The van der Waals surface area contributed by atoms with Gasteiger partial charge in [0.25, 0.3) is 0 Å². The highest BCUT2D eigenvalue weighted by molar-refractivity contribution is 5.85. The number of carbonyl (C=O) groups is 1. The fraction of sp³-hybridized carbons (Fsp3) is 0.533. The Morgan fingerprint density at radius 3 is 2.59 bits per heavy atom. The summed E-state index contributed by atoms with van der Waals surface area (Å²) in [6.45, 7) is 7.02. The molecule has 2 rings (SSSR count). The third kappa shape index (κ3) is 2.58. The van der Waals surface area contributed by atoms with Crippen molar-refractivity contribution in [2.24, 2.45) is 5.41 Å². The largest absolute Gasteiger partial charge is 0.312 e. The average molecular weight is 231 g/mol. The SMILES string of the molecule is Cc1ccc(C[C@H]2NCCC(=O)C2(C)C)cc1. The van der Waals surface area contributed by atoms with Crippen LogP contribution in [0.25, 0.3) is 0 Å². The van der Waals surface area contributed by atoms with Gasteiger partial charge in [-0.1, -0.05) is 43.7 Å². The minimum atomic E-state index is -0.247. The third-order valence-corrected chi connectivity index (χ3v) is 3.89. The number of benzene rings is 1. The Balaban J connectivity index is 2.12. The van der Waals surface area contributed by atoms with Gasteiger partial charge in [-0.2, -0.15) is 0 Å². The second-order valence-electron chi connectivity index (χ2n) is 5.59. The monoisotopic (exact) mass is 231 g/mol. The van der Waals surface area contributed by atoms with Gasteiger partial charge in [0.15, 0.2) is 0 Å². The number of aryl methyl sites for hydroxylation is 1. The Hall–Kier alpha value is -1.15. The molecule has 2 nitrogen and oxygen atoms in total. The number of nitrogens with one attached hydrogen (secondary N) is 1. The van der Waals surface area contributed by atoms with E-state index in [9.17, 15) is 4.79 Å². The van der Waals surface area contributed by atoms with Gasteiger partial charge in [0, 0.05) is 24.4 Å². The first-order chi connectivity index (χ1) is 8.00. The van der Waals surface area contributed by atoms with E-state index in [1.54, 1.807) is 0 Å². The van der Waals surface area contributed by atoms with Crippen molar-refractivity contribution in [3.05, 3.63) is 35.4 Å². The summed E-state index contributed by atoms with van der Waals surface area (Å²) in [5.41, 5.74) is 2.33. The van der Waals surface area contributed by atoms with E-state index in [0.717, 1.165) is 13.0 Å². The molecule has 0 aromatic heterocycles. The normalized spacial score (nSPS) is 23.7. The zero-order valence-electron chi connectivity index (χ0n) is 10.9. The van der Waals surface area contributed by atoms with Gasteiger partial charge in [-0.05, 0) is 18.9 Å². The van der Waals surface area contributed by atoms with Crippen LogP contribution < -0.4 is 5.32 Å². The summed E-state index contributed by atoms with van der Waals surface area (Å²) >= 11 is 0. The first-order valence-electron chi connectivity index (χ1n) is 6.32. The van der Waals surface area contributed by atoms with Gasteiger partial charge < -0.3 is 5.32 Å². The van der Waals surface area contributed by atoms with Gasteiger partial charge in [0.05, 0.1) is 0 Å². The summed E-state index contributed by atoms with van der Waals surface area (Å²) in [7, 11) is 0. The molecular weight excluding hydrogens is 210 g/mol. The Kier molecular flexibility index (Phi) is 3.34. The molecule has 0 radical (unpaired) electrons. The highest BCUT2D eigenvalue weighted by Crippen LogP contribution is 2.29. The molecule has 1 aromatic carbocycles. The predicted molar refractivity (Wildman–Crippen MR) is 70.1 cm³/mol. The van der Waals surface area contributed by atoms with Gasteiger partial charge in [-0.15, -0.1) is 0 Å². The summed E-state index contributed by atoms with van der Waals surface area (Å²) in [6, 6.07) is 8.84. The van der Waals surface area contributed by atoms with Crippen molar-refractivity contribution in [2.45, 2.75) is 39.7 Å². The highest BCUT2D eigenvalue weighted by Gasteiger charge is 2.38. The maximum Gasteiger partial charge on any atom is 0.141 e. The van der Waals surface area contributed by atoms with Crippen LogP contribution in [0.2, 0.25) is 0 Å². The van der Waals surface area contributed by atoms with Crippen molar-refractivity contribution in [3.8, 4) is 0 Å². The Labute approximate surface area is 103 Å². The summed E-state index contributed by atoms with van der Waals surface area (Å²) in [6.07, 6.45) is 1.59. The van der Waals surface area contributed by atoms with Crippen molar-refractivity contribution in [3.63, 3.8) is 0 Å². The topological polar surface area (TPSA) is 29.1 Å². The Morgan fingerprint density at radius 2 is 1.94 bits per heavy atom. The van der Waals surface area contributed by atoms with Crippen molar-refractivity contribution in [2.75, 3.05) is 6.54 Å². The van der Waals surface area contributed by atoms with Crippen LogP contribution >= 0.6 is 0 Å². The standard InChI is InChI=1S/C15H21NO/c1-11-4-6-12(7-5-11)10-13-15(2,3)14(17)8-9-16-13/h4-7,13,16H,8-10H2,1-3H3/t13-/m1/s1. The predicted octanol–water partition coefficient (Wildman–Crippen LogP) is 2.49. The van der Waals surface area contributed by atoms with E-state index in [2.05, 4.69) is 50.4 Å².